The van der Waals surface area contributed by atoms with E-state index in [1.165, 1.54) is 23.9 Å². The maximum absolute atomic E-state index is 13.8. The molecule has 2 aromatic carbocycles. The van der Waals surface area contributed by atoms with Crippen LogP contribution >= 0.6 is 0 Å². The van der Waals surface area contributed by atoms with Crippen molar-refractivity contribution < 1.29 is 18.7 Å². The van der Waals surface area contributed by atoms with Gasteiger partial charge < -0.3 is 9.47 Å². The Labute approximate surface area is 155 Å². The number of halogens is 1. The standard InChI is InChI=1S/C20H19FN2O4/c1-12(2)23-19(24)15-7-5-4-6-14(15)18(22-23)20(25)27-11-13-8-9-17(26-3)16(21)10-13/h4-10,12H,11H2,1-3H3. The summed E-state index contributed by atoms with van der Waals surface area (Å²) in [5, 5.41) is 5.01. The molecule has 1 heterocycles. The van der Waals surface area contributed by atoms with Crippen molar-refractivity contribution in [3.8, 4) is 5.75 Å². The van der Waals surface area contributed by atoms with E-state index in [9.17, 15) is 14.0 Å². The summed E-state index contributed by atoms with van der Waals surface area (Å²) in [5.74, 6) is -1.11. The number of benzene rings is 2. The highest BCUT2D eigenvalue weighted by atomic mass is 19.1. The molecule has 6 nitrogen and oxygen atoms in total. The number of carbonyl (C=O) groups is 1. The predicted molar refractivity (Wildman–Crippen MR) is 98.5 cm³/mol. The minimum Gasteiger partial charge on any atom is -0.494 e. The molecule has 0 atom stereocenters. The number of carbonyl (C=O) groups excluding carboxylic acids is 1. The monoisotopic (exact) mass is 370 g/mol. The molecule has 0 spiro atoms. The Hall–Kier alpha value is -3.22. The summed E-state index contributed by atoms with van der Waals surface area (Å²) < 4.78 is 25.2. The van der Waals surface area contributed by atoms with Gasteiger partial charge in [-0.3, -0.25) is 4.79 Å². The molecule has 0 aliphatic carbocycles. The normalized spacial score (nSPS) is 11.0. The van der Waals surface area contributed by atoms with Crippen LogP contribution in [0.4, 0.5) is 4.39 Å². The fraction of sp³-hybridized carbons (Fsp3) is 0.250. The Morgan fingerprint density at radius 3 is 2.52 bits per heavy atom. The molecule has 27 heavy (non-hydrogen) atoms. The van der Waals surface area contributed by atoms with Gasteiger partial charge in [-0.25, -0.2) is 13.9 Å². The SMILES string of the molecule is COc1ccc(COC(=O)c2nn(C(C)C)c(=O)c3ccccc23)cc1F. The van der Waals surface area contributed by atoms with Crippen LogP contribution in [0.25, 0.3) is 10.8 Å². The minimum absolute atomic E-state index is 0.0490. The number of ether oxygens (including phenoxy) is 2. The van der Waals surface area contributed by atoms with Gasteiger partial charge in [-0.15, -0.1) is 0 Å². The van der Waals surface area contributed by atoms with Crippen molar-refractivity contribution >= 4 is 16.7 Å². The molecule has 3 rings (SSSR count). The van der Waals surface area contributed by atoms with E-state index in [0.29, 0.717) is 16.3 Å². The Bertz CT molecular complexity index is 1060. The van der Waals surface area contributed by atoms with Crippen molar-refractivity contribution in [2.75, 3.05) is 7.11 Å². The second kappa shape index (κ2) is 7.57. The van der Waals surface area contributed by atoms with Crippen LogP contribution in [0.2, 0.25) is 0 Å². The molecule has 140 valence electrons. The second-order valence-electron chi connectivity index (χ2n) is 6.28. The first kappa shape index (κ1) is 18.6. The molecule has 0 aliphatic heterocycles. The van der Waals surface area contributed by atoms with Gasteiger partial charge in [0.2, 0.25) is 0 Å². The van der Waals surface area contributed by atoms with Crippen LogP contribution in [0.5, 0.6) is 5.75 Å². The first-order valence-electron chi connectivity index (χ1n) is 8.43. The van der Waals surface area contributed by atoms with E-state index in [1.807, 2.05) is 0 Å². The summed E-state index contributed by atoms with van der Waals surface area (Å²) in [4.78, 5) is 25.1. The summed E-state index contributed by atoms with van der Waals surface area (Å²) in [6.07, 6.45) is 0. The van der Waals surface area contributed by atoms with Crippen LogP contribution in [-0.4, -0.2) is 22.9 Å². The predicted octanol–water partition coefficient (Wildman–Crippen LogP) is 3.48. The molecule has 7 heteroatoms. The number of methoxy groups -OCH3 is 1. The average Bonchev–Trinajstić information content (AvgIpc) is 2.66. The third-order valence-corrected chi connectivity index (χ3v) is 4.10. The smallest absolute Gasteiger partial charge is 0.359 e. The highest BCUT2D eigenvalue weighted by molar-refractivity contribution is 6.02. The summed E-state index contributed by atoms with van der Waals surface area (Å²) in [7, 11) is 1.37. The fourth-order valence-electron chi connectivity index (χ4n) is 2.72. The van der Waals surface area contributed by atoms with E-state index >= 15 is 0 Å². The van der Waals surface area contributed by atoms with E-state index in [-0.39, 0.29) is 29.7 Å². The van der Waals surface area contributed by atoms with Crippen LogP contribution in [0, 0.1) is 5.82 Å². The van der Waals surface area contributed by atoms with Gasteiger partial charge in [0, 0.05) is 5.39 Å². The summed E-state index contributed by atoms with van der Waals surface area (Å²) >= 11 is 0. The molecule has 0 radical (unpaired) electrons. The van der Waals surface area contributed by atoms with Crippen LogP contribution in [-0.2, 0) is 11.3 Å². The summed E-state index contributed by atoms with van der Waals surface area (Å²) in [6.45, 7) is 3.48. The van der Waals surface area contributed by atoms with E-state index in [2.05, 4.69) is 5.10 Å². The van der Waals surface area contributed by atoms with Crippen LogP contribution in [0.3, 0.4) is 0 Å². The zero-order chi connectivity index (χ0) is 19.6. The lowest BCUT2D eigenvalue weighted by atomic mass is 10.1. The number of nitrogens with zero attached hydrogens (tertiary/aromatic N) is 2. The van der Waals surface area contributed by atoms with Crippen molar-refractivity contribution in [2.45, 2.75) is 26.5 Å². The van der Waals surface area contributed by atoms with Crippen molar-refractivity contribution in [1.29, 1.82) is 0 Å². The third kappa shape index (κ3) is 3.67. The Balaban J connectivity index is 1.92. The molecule has 0 unspecified atom stereocenters. The van der Waals surface area contributed by atoms with Crippen molar-refractivity contribution in [2.24, 2.45) is 0 Å². The Morgan fingerprint density at radius 2 is 1.89 bits per heavy atom. The summed E-state index contributed by atoms with van der Waals surface area (Å²) in [6, 6.07) is 10.8. The third-order valence-electron chi connectivity index (χ3n) is 4.10. The van der Waals surface area contributed by atoms with Crippen molar-refractivity contribution in [3.63, 3.8) is 0 Å². The first-order chi connectivity index (χ1) is 12.9. The molecule has 0 saturated carbocycles. The van der Waals surface area contributed by atoms with E-state index in [4.69, 9.17) is 9.47 Å². The van der Waals surface area contributed by atoms with E-state index < -0.39 is 11.8 Å². The molecule has 0 bridgehead atoms. The quantitative estimate of drug-likeness (QED) is 0.643. The average molecular weight is 370 g/mol. The molecule has 3 aromatic rings. The molecular weight excluding hydrogens is 351 g/mol. The molecule has 0 saturated heterocycles. The molecular formula is C20H19FN2O4. The van der Waals surface area contributed by atoms with Gasteiger partial charge in [-0.2, -0.15) is 5.10 Å². The van der Waals surface area contributed by atoms with Gasteiger partial charge in [0.15, 0.2) is 17.3 Å². The van der Waals surface area contributed by atoms with Crippen LogP contribution in [0.15, 0.2) is 47.3 Å². The molecule has 1 aromatic heterocycles. The van der Waals surface area contributed by atoms with Gasteiger partial charge >= 0.3 is 5.97 Å². The molecule has 0 fully saturated rings. The lowest BCUT2D eigenvalue weighted by Crippen LogP contribution is -2.27. The maximum Gasteiger partial charge on any atom is 0.359 e. The Morgan fingerprint density at radius 1 is 1.19 bits per heavy atom. The van der Waals surface area contributed by atoms with Crippen molar-refractivity contribution in [3.05, 3.63) is 69.9 Å². The fourth-order valence-corrected chi connectivity index (χ4v) is 2.72. The lowest BCUT2D eigenvalue weighted by Gasteiger charge is -2.13. The van der Waals surface area contributed by atoms with Crippen LogP contribution < -0.4 is 10.3 Å². The van der Waals surface area contributed by atoms with Gasteiger partial charge in [0.25, 0.3) is 5.56 Å². The highest BCUT2D eigenvalue weighted by Gasteiger charge is 2.19. The number of hydrogen-bond donors (Lipinski definition) is 0. The highest BCUT2D eigenvalue weighted by Crippen LogP contribution is 2.19. The topological polar surface area (TPSA) is 70.4 Å². The number of hydrogen-bond acceptors (Lipinski definition) is 5. The van der Waals surface area contributed by atoms with E-state index in [1.54, 1.807) is 44.2 Å². The molecule has 0 N–H and O–H groups in total. The lowest BCUT2D eigenvalue weighted by molar-refractivity contribution is 0.0464. The summed E-state index contributed by atoms with van der Waals surface area (Å²) in [5.41, 5.74) is 0.255. The second-order valence-corrected chi connectivity index (χ2v) is 6.28. The van der Waals surface area contributed by atoms with Gasteiger partial charge in [0.1, 0.15) is 6.61 Å². The zero-order valence-corrected chi connectivity index (χ0v) is 15.2. The van der Waals surface area contributed by atoms with E-state index in [0.717, 1.165) is 0 Å². The molecule has 0 aliphatic rings. The van der Waals surface area contributed by atoms with Gasteiger partial charge in [-0.05, 0) is 37.6 Å². The van der Waals surface area contributed by atoms with Crippen molar-refractivity contribution in [1.82, 2.24) is 9.78 Å². The number of esters is 1. The van der Waals surface area contributed by atoms with Crippen LogP contribution in [0.1, 0.15) is 35.9 Å². The zero-order valence-electron chi connectivity index (χ0n) is 15.2. The van der Waals surface area contributed by atoms with Gasteiger partial charge in [0.05, 0.1) is 18.5 Å². The first-order valence-corrected chi connectivity index (χ1v) is 8.43. The van der Waals surface area contributed by atoms with Gasteiger partial charge in [-0.1, -0.05) is 24.3 Å². The molecule has 0 amide bonds. The number of rotatable bonds is 5. The Kier molecular flexibility index (Phi) is 5.21. The number of fused-ring (bicyclic) bond motifs is 1. The largest absolute Gasteiger partial charge is 0.494 e. The maximum atomic E-state index is 13.8. The minimum atomic E-state index is -0.683. The number of aromatic nitrogens is 2.